The van der Waals surface area contributed by atoms with Crippen molar-refractivity contribution in [2.75, 3.05) is 14.2 Å². The molecule has 0 aliphatic carbocycles. The Kier molecular flexibility index (Phi) is 6.82. The third kappa shape index (κ3) is 4.73. The maximum atomic E-state index is 13.7. The van der Waals surface area contributed by atoms with Crippen LogP contribution in [-0.4, -0.2) is 29.3 Å². The second kappa shape index (κ2) is 9.82. The molecule has 2 heterocycles. The van der Waals surface area contributed by atoms with Gasteiger partial charge in [-0.3, -0.25) is 13.9 Å². The van der Waals surface area contributed by atoms with Gasteiger partial charge in [-0.05, 0) is 62.4 Å². The third-order valence-electron chi connectivity index (χ3n) is 6.45. The van der Waals surface area contributed by atoms with Crippen LogP contribution in [0.2, 0.25) is 0 Å². The number of amides is 1. The fourth-order valence-corrected chi connectivity index (χ4v) is 4.84. The quantitative estimate of drug-likeness (QED) is 0.565. The summed E-state index contributed by atoms with van der Waals surface area (Å²) in [6.07, 6.45) is 1.36. The van der Waals surface area contributed by atoms with Gasteiger partial charge in [0.1, 0.15) is 5.49 Å². The van der Waals surface area contributed by atoms with Crippen LogP contribution in [0.1, 0.15) is 35.1 Å². The molecule has 3 aromatic rings. The van der Waals surface area contributed by atoms with Crippen molar-refractivity contribution in [2.24, 2.45) is 10.7 Å². The summed E-state index contributed by atoms with van der Waals surface area (Å²) in [5.74, 6) is 0.881. The van der Waals surface area contributed by atoms with E-state index in [1.165, 1.54) is 0 Å². The predicted molar refractivity (Wildman–Crippen MR) is 135 cm³/mol. The highest BCUT2D eigenvalue weighted by atomic mass is 16.5. The molecule has 35 heavy (non-hydrogen) atoms. The molecule has 1 amide bonds. The summed E-state index contributed by atoms with van der Waals surface area (Å²) in [6.45, 7) is 6.98. The summed E-state index contributed by atoms with van der Waals surface area (Å²) in [5, 5.41) is 0. The number of carbonyl (C=O) groups excluding carboxylic acids is 1. The van der Waals surface area contributed by atoms with E-state index in [0.717, 1.165) is 39.2 Å². The second-order valence-corrected chi connectivity index (χ2v) is 9.02. The minimum absolute atomic E-state index is 0.159. The largest absolute Gasteiger partial charge is 0.493 e. The molecule has 2 aromatic carbocycles. The lowest BCUT2D eigenvalue weighted by molar-refractivity contribution is -0.118. The van der Waals surface area contributed by atoms with E-state index < -0.39 is 0 Å². The van der Waals surface area contributed by atoms with E-state index in [9.17, 15) is 9.59 Å². The first kappa shape index (κ1) is 24.3. The van der Waals surface area contributed by atoms with Gasteiger partial charge in [0, 0.05) is 31.1 Å². The highest BCUT2D eigenvalue weighted by Gasteiger charge is 2.22. The van der Waals surface area contributed by atoms with Gasteiger partial charge in [0.2, 0.25) is 5.91 Å². The van der Waals surface area contributed by atoms with Crippen molar-refractivity contribution in [1.82, 2.24) is 9.13 Å². The molecule has 0 radical (unpaired) electrons. The molecule has 0 spiro atoms. The Bertz CT molecular complexity index is 1410. The van der Waals surface area contributed by atoms with Gasteiger partial charge in [0.15, 0.2) is 11.5 Å². The maximum Gasteiger partial charge on any atom is 0.330 e. The van der Waals surface area contributed by atoms with Gasteiger partial charge in [0.05, 0.1) is 25.6 Å². The number of nitrogens with two attached hydrogens (primary N) is 1. The summed E-state index contributed by atoms with van der Waals surface area (Å²) in [6, 6.07) is 10.0. The standard InChI is InChI=1S/C27H32N4O4/c1-16-11-17(2)26(18(3)12-16)29-25-15-21-20-14-23(35-5)22(34-4)13-19(20)8-10-30(21)27(33)31(25)9-6-7-24(28)32/h11-15H,6-10H2,1-5H3,(H2,28,32). The van der Waals surface area contributed by atoms with Crippen molar-refractivity contribution >= 4 is 11.6 Å². The van der Waals surface area contributed by atoms with Crippen LogP contribution in [0.4, 0.5) is 5.69 Å². The lowest BCUT2D eigenvalue weighted by Crippen LogP contribution is -2.42. The van der Waals surface area contributed by atoms with Crippen LogP contribution in [0.5, 0.6) is 11.5 Å². The molecule has 0 atom stereocenters. The Morgan fingerprint density at radius 2 is 1.69 bits per heavy atom. The molecule has 8 nitrogen and oxygen atoms in total. The molecule has 1 aromatic heterocycles. The number of benzene rings is 2. The Balaban J connectivity index is 1.98. The van der Waals surface area contributed by atoms with Gasteiger partial charge in [-0.25, -0.2) is 9.79 Å². The summed E-state index contributed by atoms with van der Waals surface area (Å²) >= 11 is 0. The van der Waals surface area contributed by atoms with Crippen molar-refractivity contribution in [1.29, 1.82) is 0 Å². The van der Waals surface area contributed by atoms with Gasteiger partial charge in [-0.15, -0.1) is 0 Å². The molecule has 0 unspecified atom stereocenters. The molecule has 0 saturated heterocycles. The van der Waals surface area contributed by atoms with E-state index in [4.69, 9.17) is 20.2 Å². The first-order valence-corrected chi connectivity index (χ1v) is 11.7. The zero-order valence-electron chi connectivity index (χ0n) is 21.0. The third-order valence-corrected chi connectivity index (χ3v) is 6.45. The van der Waals surface area contributed by atoms with Crippen molar-refractivity contribution in [3.63, 3.8) is 0 Å². The smallest absolute Gasteiger partial charge is 0.330 e. The number of hydrogen-bond donors (Lipinski definition) is 1. The van der Waals surface area contributed by atoms with Gasteiger partial charge in [0.25, 0.3) is 0 Å². The van der Waals surface area contributed by atoms with Crippen LogP contribution in [-0.2, 0) is 24.3 Å². The zero-order valence-corrected chi connectivity index (χ0v) is 21.0. The van der Waals surface area contributed by atoms with Crippen LogP contribution in [0.25, 0.3) is 11.3 Å². The molecular weight excluding hydrogens is 444 g/mol. The maximum absolute atomic E-state index is 13.7. The van der Waals surface area contributed by atoms with Crippen LogP contribution in [0.15, 0.2) is 40.1 Å². The topological polar surface area (TPSA) is 101 Å². The lowest BCUT2D eigenvalue weighted by atomic mass is 9.97. The predicted octanol–water partition coefficient (Wildman–Crippen LogP) is 3.31. The highest BCUT2D eigenvalue weighted by Crippen LogP contribution is 2.37. The fraction of sp³-hybridized carbons (Fsp3) is 0.370. The number of aromatic nitrogens is 2. The van der Waals surface area contributed by atoms with E-state index in [0.29, 0.717) is 42.9 Å². The molecule has 1 aliphatic rings. The molecular formula is C27H32N4O4. The molecule has 1 aliphatic heterocycles. The van der Waals surface area contributed by atoms with E-state index in [-0.39, 0.29) is 18.0 Å². The first-order valence-electron chi connectivity index (χ1n) is 11.7. The Morgan fingerprint density at radius 1 is 1.03 bits per heavy atom. The number of aryl methyl sites for hydroxylation is 4. The van der Waals surface area contributed by atoms with Crippen LogP contribution in [0.3, 0.4) is 0 Å². The normalized spacial score (nSPS) is 12.8. The van der Waals surface area contributed by atoms with E-state index in [1.807, 2.05) is 32.0 Å². The van der Waals surface area contributed by atoms with Crippen LogP contribution in [0, 0.1) is 20.8 Å². The molecule has 0 saturated carbocycles. The van der Waals surface area contributed by atoms with Crippen molar-refractivity contribution in [3.8, 4) is 22.8 Å². The van der Waals surface area contributed by atoms with Crippen LogP contribution < -0.4 is 26.4 Å². The van der Waals surface area contributed by atoms with Crippen molar-refractivity contribution in [2.45, 2.75) is 53.1 Å². The van der Waals surface area contributed by atoms with E-state index >= 15 is 0 Å². The van der Waals surface area contributed by atoms with E-state index in [2.05, 4.69) is 19.1 Å². The van der Waals surface area contributed by atoms with Gasteiger partial charge in [-0.1, -0.05) is 17.7 Å². The summed E-state index contributed by atoms with van der Waals surface area (Å²) < 4.78 is 14.4. The van der Waals surface area contributed by atoms with Gasteiger partial charge >= 0.3 is 5.69 Å². The average Bonchev–Trinajstić information content (AvgIpc) is 2.81. The summed E-state index contributed by atoms with van der Waals surface area (Å²) in [7, 11) is 3.21. The number of primary amides is 1. The minimum Gasteiger partial charge on any atom is -0.493 e. The Morgan fingerprint density at radius 3 is 2.31 bits per heavy atom. The molecule has 2 N–H and O–H groups in total. The minimum atomic E-state index is -0.387. The molecule has 184 valence electrons. The number of nitrogens with zero attached hydrogens (tertiary/aromatic N) is 3. The number of fused-ring (bicyclic) bond motifs is 3. The summed E-state index contributed by atoms with van der Waals surface area (Å²) in [5.41, 5.74) is 12.6. The molecule has 0 fully saturated rings. The van der Waals surface area contributed by atoms with E-state index in [1.54, 1.807) is 23.4 Å². The van der Waals surface area contributed by atoms with Crippen LogP contribution >= 0.6 is 0 Å². The number of ether oxygens (including phenoxy) is 2. The lowest BCUT2D eigenvalue weighted by Gasteiger charge is -2.24. The average molecular weight is 477 g/mol. The fourth-order valence-electron chi connectivity index (χ4n) is 4.84. The zero-order chi connectivity index (χ0) is 25.3. The first-order chi connectivity index (χ1) is 16.7. The Labute approximate surface area is 204 Å². The second-order valence-electron chi connectivity index (χ2n) is 9.02. The molecule has 8 heteroatoms. The summed E-state index contributed by atoms with van der Waals surface area (Å²) in [4.78, 5) is 30.0. The van der Waals surface area contributed by atoms with Crippen molar-refractivity contribution < 1.29 is 14.3 Å². The van der Waals surface area contributed by atoms with Crippen molar-refractivity contribution in [3.05, 3.63) is 68.6 Å². The SMILES string of the molecule is COc1cc2c(cc1OC)-c1cc(=Nc3c(C)cc(C)cc3C)n(CCCC(N)=O)c(=O)n1CC2. The Hall–Kier alpha value is -3.81. The monoisotopic (exact) mass is 476 g/mol. The number of rotatable bonds is 7. The highest BCUT2D eigenvalue weighted by molar-refractivity contribution is 5.73. The molecule has 4 rings (SSSR count). The number of carbonyl (C=O) groups is 1. The van der Waals surface area contributed by atoms with Gasteiger partial charge in [-0.2, -0.15) is 0 Å². The van der Waals surface area contributed by atoms with Gasteiger partial charge < -0.3 is 15.2 Å². The molecule has 0 bridgehead atoms. The number of hydrogen-bond acceptors (Lipinski definition) is 5. The number of methoxy groups -OCH3 is 2.